The number of fused-ring (bicyclic) bond motifs is 3. The molecule has 0 radical (unpaired) electrons. The molecule has 2 heterocycles. The van der Waals surface area contributed by atoms with Crippen molar-refractivity contribution in [2.24, 2.45) is 0 Å². The molecule has 0 bridgehead atoms. The third-order valence-electron chi connectivity index (χ3n) is 5.34. The second-order valence-corrected chi connectivity index (χ2v) is 8.28. The predicted molar refractivity (Wildman–Crippen MR) is 104 cm³/mol. The van der Waals surface area contributed by atoms with E-state index in [1.54, 1.807) is 19.1 Å². The highest BCUT2D eigenvalue weighted by molar-refractivity contribution is 9.10. The molecule has 0 saturated carbocycles. The number of para-hydroxylation sites is 1. The van der Waals surface area contributed by atoms with Crippen molar-refractivity contribution < 1.29 is 27.1 Å². The number of rotatable bonds is 4. The molecule has 0 spiro atoms. The molecule has 1 aliphatic heterocycles. The van der Waals surface area contributed by atoms with Crippen LogP contribution in [-0.2, 0) is 6.42 Å². The lowest BCUT2D eigenvalue weighted by Gasteiger charge is -2.41. The Kier molecular flexibility index (Phi) is 5.21. The molecule has 154 valence electrons. The summed E-state index contributed by atoms with van der Waals surface area (Å²) in [5.74, 6) is -4.91. The van der Waals surface area contributed by atoms with Crippen molar-refractivity contribution in [3.05, 3.63) is 69.4 Å². The van der Waals surface area contributed by atoms with Gasteiger partial charge in [-0.2, -0.15) is 0 Å². The Bertz CT molecular complexity index is 1050. The highest BCUT2D eigenvalue weighted by atomic mass is 79.9. The van der Waals surface area contributed by atoms with Gasteiger partial charge in [0.2, 0.25) is 0 Å². The molecule has 0 aliphatic carbocycles. The van der Waals surface area contributed by atoms with Gasteiger partial charge in [-0.1, -0.05) is 34.1 Å². The van der Waals surface area contributed by atoms with Gasteiger partial charge in [0.25, 0.3) is 5.92 Å². The molecule has 1 aliphatic rings. The van der Waals surface area contributed by atoms with Crippen molar-refractivity contribution in [2.45, 2.75) is 31.4 Å². The first-order chi connectivity index (χ1) is 13.7. The largest absolute Gasteiger partial charge is 0.459 e. The second kappa shape index (κ2) is 7.41. The van der Waals surface area contributed by atoms with Crippen LogP contribution in [0.15, 0.2) is 45.3 Å². The van der Waals surface area contributed by atoms with Gasteiger partial charge < -0.3 is 9.52 Å². The number of aliphatic hydroxyl groups is 1. The SMILES string of the molecule is C[C@@H]1Cc2c(oc3ccccc23)C(c2c(F)cc(Br)cc2F)N1CC(F)(F)CO. The molecule has 2 aromatic carbocycles. The third-order valence-corrected chi connectivity index (χ3v) is 5.80. The van der Waals surface area contributed by atoms with Crippen LogP contribution in [0.4, 0.5) is 17.6 Å². The van der Waals surface area contributed by atoms with Crippen LogP contribution >= 0.6 is 15.9 Å². The van der Waals surface area contributed by atoms with E-state index < -0.39 is 42.8 Å². The summed E-state index contributed by atoms with van der Waals surface area (Å²) in [5.41, 5.74) is 0.931. The number of furan rings is 1. The van der Waals surface area contributed by atoms with Gasteiger partial charge in [-0.05, 0) is 31.5 Å². The molecule has 29 heavy (non-hydrogen) atoms. The average Bonchev–Trinajstić information content (AvgIpc) is 3.01. The zero-order valence-corrected chi connectivity index (χ0v) is 17.0. The maximum absolute atomic E-state index is 14.9. The van der Waals surface area contributed by atoms with Gasteiger partial charge in [0, 0.05) is 27.0 Å². The van der Waals surface area contributed by atoms with Crippen LogP contribution in [0.25, 0.3) is 11.0 Å². The standard InChI is InChI=1S/C21H18BrF4NO2/c1-11-6-14-13-4-2-3-5-17(13)29-20(14)19(27(11)9-21(25,26)10-28)18-15(23)7-12(22)8-16(18)24/h2-5,7-8,11,19,28H,6,9-10H2,1H3/t11-,19?/m1/s1. The zero-order chi connectivity index (χ0) is 20.9. The van der Waals surface area contributed by atoms with Crippen LogP contribution in [0.1, 0.15) is 29.9 Å². The van der Waals surface area contributed by atoms with Crippen molar-refractivity contribution >= 4 is 26.9 Å². The van der Waals surface area contributed by atoms with Crippen LogP contribution in [0.3, 0.4) is 0 Å². The first kappa shape index (κ1) is 20.4. The molecular weight excluding hydrogens is 454 g/mol. The van der Waals surface area contributed by atoms with Crippen molar-refractivity contribution in [3.63, 3.8) is 0 Å². The molecular formula is C21H18BrF4NO2. The summed E-state index contributed by atoms with van der Waals surface area (Å²) >= 11 is 3.05. The fourth-order valence-electron chi connectivity index (χ4n) is 4.04. The van der Waals surface area contributed by atoms with Crippen LogP contribution in [0.5, 0.6) is 0 Å². The normalized spacial score (nSPS) is 20.2. The predicted octanol–water partition coefficient (Wildman–Crippen LogP) is 5.44. The van der Waals surface area contributed by atoms with E-state index in [1.807, 2.05) is 12.1 Å². The van der Waals surface area contributed by atoms with Crippen LogP contribution < -0.4 is 0 Å². The highest BCUT2D eigenvalue weighted by Crippen LogP contribution is 2.45. The minimum absolute atomic E-state index is 0.206. The summed E-state index contributed by atoms with van der Waals surface area (Å²) in [7, 11) is 0. The Morgan fingerprint density at radius 1 is 1.21 bits per heavy atom. The number of benzene rings is 2. The first-order valence-electron chi connectivity index (χ1n) is 9.11. The van der Waals surface area contributed by atoms with Gasteiger partial charge in [0.05, 0.1) is 6.54 Å². The molecule has 1 aromatic heterocycles. The second-order valence-electron chi connectivity index (χ2n) is 7.37. The maximum atomic E-state index is 14.9. The van der Waals surface area contributed by atoms with E-state index in [1.165, 1.54) is 4.90 Å². The lowest BCUT2D eigenvalue weighted by molar-refractivity contribution is -0.0881. The minimum Gasteiger partial charge on any atom is -0.459 e. The van der Waals surface area contributed by atoms with Crippen LogP contribution in [0.2, 0.25) is 0 Å². The third kappa shape index (κ3) is 3.58. The Hall–Kier alpha value is -1.90. The monoisotopic (exact) mass is 471 g/mol. The molecule has 1 unspecified atom stereocenters. The molecule has 3 aromatic rings. The van der Waals surface area contributed by atoms with Gasteiger partial charge >= 0.3 is 0 Å². The molecule has 1 N–H and O–H groups in total. The lowest BCUT2D eigenvalue weighted by Crippen LogP contribution is -2.49. The topological polar surface area (TPSA) is 36.6 Å². The van der Waals surface area contributed by atoms with Crippen LogP contribution in [0, 0.1) is 11.6 Å². The fourth-order valence-corrected chi connectivity index (χ4v) is 4.44. The molecule has 2 atom stereocenters. The number of halogens is 5. The zero-order valence-electron chi connectivity index (χ0n) is 15.4. The molecule has 8 heteroatoms. The lowest BCUT2D eigenvalue weighted by atomic mass is 9.88. The molecule has 0 fully saturated rings. The average molecular weight is 472 g/mol. The summed E-state index contributed by atoms with van der Waals surface area (Å²) in [6.45, 7) is -0.498. The molecule has 3 nitrogen and oxygen atoms in total. The number of hydrogen-bond donors (Lipinski definition) is 1. The van der Waals surface area contributed by atoms with Gasteiger partial charge in [0.1, 0.15) is 35.6 Å². The van der Waals surface area contributed by atoms with E-state index in [-0.39, 0.29) is 15.8 Å². The van der Waals surface area contributed by atoms with E-state index in [2.05, 4.69) is 15.9 Å². The Morgan fingerprint density at radius 3 is 2.52 bits per heavy atom. The van der Waals surface area contributed by atoms with Crippen molar-refractivity contribution in [3.8, 4) is 0 Å². The Morgan fingerprint density at radius 2 is 1.86 bits per heavy atom. The summed E-state index contributed by atoms with van der Waals surface area (Å²) in [4.78, 5) is 1.30. The van der Waals surface area contributed by atoms with Crippen molar-refractivity contribution in [1.29, 1.82) is 0 Å². The summed E-state index contributed by atoms with van der Waals surface area (Å²) < 4.78 is 64.2. The smallest absolute Gasteiger partial charge is 0.283 e. The van der Waals surface area contributed by atoms with E-state index in [0.29, 0.717) is 12.0 Å². The summed E-state index contributed by atoms with van der Waals surface area (Å²) in [6, 6.07) is 7.72. The fraction of sp³-hybridized carbons (Fsp3) is 0.333. The summed E-state index contributed by atoms with van der Waals surface area (Å²) in [6.07, 6.45) is 0.379. The van der Waals surface area contributed by atoms with Gasteiger partial charge in [-0.3, -0.25) is 4.90 Å². The van der Waals surface area contributed by atoms with E-state index in [0.717, 1.165) is 23.1 Å². The Labute approximate surface area is 173 Å². The number of aliphatic hydroxyl groups excluding tert-OH is 1. The van der Waals surface area contributed by atoms with Gasteiger partial charge in [-0.15, -0.1) is 0 Å². The number of nitrogens with zero attached hydrogens (tertiary/aromatic N) is 1. The molecule has 4 rings (SSSR count). The van der Waals surface area contributed by atoms with Crippen LogP contribution in [-0.4, -0.2) is 35.1 Å². The van der Waals surface area contributed by atoms with Gasteiger partial charge in [-0.25, -0.2) is 17.6 Å². The maximum Gasteiger partial charge on any atom is 0.283 e. The van der Waals surface area contributed by atoms with E-state index >= 15 is 0 Å². The first-order valence-corrected chi connectivity index (χ1v) is 9.90. The quantitative estimate of drug-likeness (QED) is 0.515. The van der Waals surface area contributed by atoms with E-state index in [4.69, 9.17) is 9.52 Å². The number of alkyl halides is 2. The number of hydrogen-bond acceptors (Lipinski definition) is 3. The molecule has 0 amide bonds. The van der Waals surface area contributed by atoms with Crippen molar-refractivity contribution in [1.82, 2.24) is 4.90 Å². The van der Waals surface area contributed by atoms with E-state index in [9.17, 15) is 17.6 Å². The Balaban J connectivity index is 1.96. The van der Waals surface area contributed by atoms with Crippen molar-refractivity contribution in [2.75, 3.05) is 13.2 Å². The summed E-state index contributed by atoms with van der Waals surface area (Å²) in [5, 5.41) is 9.87. The molecule has 0 saturated heterocycles. The van der Waals surface area contributed by atoms with Gasteiger partial charge in [0.15, 0.2) is 0 Å². The highest BCUT2D eigenvalue weighted by Gasteiger charge is 2.44. The minimum atomic E-state index is -3.43.